The van der Waals surface area contributed by atoms with Gasteiger partial charge in [-0.1, -0.05) is 30.3 Å². The summed E-state index contributed by atoms with van der Waals surface area (Å²) >= 11 is 4.74. The van der Waals surface area contributed by atoms with Crippen LogP contribution in [0.1, 0.15) is 6.92 Å². The van der Waals surface area contributed by atoms with Crippen molar-refractivity contribution in [2.45, 2.75) is 11.8 Å². The SMILES string of the molecule is NC(=O)O.[CH2-]C.[S-]Sc1ccccc1.[Zn+2]. The van der Waals surface area contributed by atoms with E-state index in [0.717, 1.165) is 4.90 Å². The van der Waals surface area contributed by atoms with Crippen molar-refractivity contribution in [1.82, 2.24) is 0 Å². The first-order chi connectivity index (χ1) is 6.66. The van der Waals surface area contributed by atoms with Crippen LogP contribution in [0.2, 0.25) is 0 Å². The molecule has 0 aliphatic heterocycles. The van der Waals surface area contributed by atoms with E-state index in [0.29, 0.717) is 0 Å². The molecule has 0 aliphatic carbocycles. The van der Waals surface area contributed by atoms with Gasteiger partial charge in [-0.15, -0.1) is 0 Å². The number of carboxylic acid groups (broad SMARTS) is 1. The zero-order chi connectivity index (χ0) is 11.4. The minimum absolute atomic E-state index is 0. The van der Waals surface area contributed by atoms with Crippen LogP contribution in [0, 0.1) is 6.92 Å². The summed E-state index contributed by atoms with van der Waals surface area (Å²) in [5, 5.41) is 7.19. The molecule has 0 fully saturated rings. The molecule has 1 amide bonds. The fraction of sp³-hybridized carbons (Fsp3) is 0.111. The summed E-state index contributed by atoms with van der Waals surface area (Å²) in [5.41, 5.74) is 4.03. The van der Waals surface area contributed by atoms with E-state index >= 15 is 0 Å². The van der Waals surface area contributed by atoms with E-state index in [1.807, 2.05) is 30.3 Å². The number of hydrogen-bond acceptors (Lipinski definition) is 3. The Labute approximate surface area is 112 Å². The molecule has 6 heteroatoms. The van der Waals surface area contributed by atoms with Crippen molar-refractivity contribution in [3.8, 4) is 0 Å². The van der Waals surface area contributed by atoms with Crippen LogP contribution in [0.4, 0.5) is 4.79 Å². The molecule has 0 aromatic heterocycles. The molecule has 0 saturated carbocycles. The molecular weight excluding hydrogens is 284 g/mol. The molecule has 3 nitrogen and oxygen atoms in total. The number of amides is 1. The molecule has 0 unspecified atom stereocenters. The van der Waals surface area contributed by atoms with Gasteiger partial charge in [-0.2, -0.15) is 6.92 Å². The van der Waals surface area contributed by atoms with Crippen molar-refractivity contribution >= 4 is 28.5 Å². The van der Waals surface area contributed by atoms with Gasteiger partial charge in [0.1, 0.15) is 0 Å². The summed E-state index contributed by atoms with van der Waals surface area (Å²) < 4.78 is 0. The van der Waals surface area contributed by atoms with E-state index < -0.39 is 6.09 Å². The first-order valence-corrected chi connectivity index (χ1v) is 5.45. The molecule has 1 rings (SSSR count). The first-order valence-electron chi connectivity index (χ1n) is 3.70. The molecule has 1 aromatic carbocycles. The summed E-state index contributed by atoms with van der Waals surface area (Å²) in [4.78, 5) is 9.92. The molecular formula is C9H13NO2S2Zn. The van der Waals surface area contributed by atoms with Crippen LogP contribution in [-0.4, -0.2) is 11.2 Å². The van der Waals surface area contributed by atoms with Crippen LogP contribution < -0.4 is 5.73 Å². The molecule has 3 N–H and O–H groups in total. The summed E-state index contributed by atoms with van der Waals surface area (Å²) in [5.74, 6) is 0. The number of primary amides is 1. The van der Waals surface area contributed by atoms with Crippen molar-refractivity contribution in [3.05, 3.63) is 37.3 Å². The maximum atomic E-state index is 8.78. The Morgan fingerprint density at radius 2 is 1.73 bits per heavy atom. The van der Waals surface area contributed by atoms with Gasteiger partial charge in [-0.3, -0.25) is 10.8 Å². The van der Waals surface area contributed by atoms with Gasteiger partial charge in [0.25, 0.3) is 0 Å². The largest absolute Gasteiger partial charge is 2.00 e. The van der Waals surface area contributed by atoms with Gasteiger partial charge < -0.3 is 29.4 Å². The zero-order valence-corrected chi connectivity index (χ0v) is 13.2. The first kappa shape index (κ1) is 20.3. The predicted molar refractivity (Wildman–Crippen MR) is 62.9 cm³/mol. The van der Waals surface area contributed by atoms with E-state index in [1.165, 1.54) is 10.8 Å². The Balaban J connectivity index is -0.000000179. The number of benzene rings is 1. The van der Waals surface area contributed by atoms with Gasteiger partial charge in [-0.05, 0) is 4.90 Å². The summed E-state index contributed by atoms with van der Waals surface area (Å²) in [7, 11) is 1.35. The summed E-state index contributed by atoms with van der Waals surface area (Å²) in [6.07, 6.45) is -1.33. The van der Waals surface area contributed by atoms with E-state index in [-0.39, 0.29) is 19.5 Å². The normalized spacial score (nSPS) is 6.87. The van der Waals surface area contributed by atoms with E-state index in [4.69, 9.17) is 21.6 Å². The number of nitrogens with two attached hydrogens (primary N) is 1. The second-order valence-corrected chi connectivity index (χ2v) is 2.87. The Hall–Kier alpha value is -0.187. The molecule has 0 bridgehead atoms. The molecule has 15 heavy (non-hydrogen) atoms. The third-order valence-electron chi connectivity index (χ3n) is 0.839. The average Bonchev–Trinajstić information content (AvgIpc) is 2.21. The Kier molecular flexibility index (Phi) is 21.9. The van der Waals surface area contributed by atoms with Crippen LogP contribution in [-0.2, 0) is 31.1 Å². The predicted octanol–water partition coefficient (Wildman–Crippen LogP) is 2.70. The van der Waals surface area contributed by atoms with Crippen LogP contribution in [0.3, 0.4) is 0 Å². The van der Waals surface area contributed by atoms with Gasteiger partial charge in [0, 0.05) is 0 Å². The Bertz CT molecular complexity index is 231. The topological polar surface area (TPSA) is 63.3 Å². The quantitative estimate of drug-likeness (QED) is 0.362. The summed E-state index contributed by atoms with van der Waals surface area (Å²) in [6.45, 7) is 5.00. The second-order valence-electron chi connectivity index (χ2n) is 1.73. The van der Waals surface area contributed by atoms with Gasteiger partial charge in [0.05, 0.1) is 0 Å². The third kappa shape index (κ3) is 20.0. The molecule has 80 valence electrons. The van der Waals surface area contributed by atoms with E-state index in [9.17, 15) is 0 Å². The Morgan fingerprint density at radius 1 is 1.40 bits per heavy atom. The average molecular weight is 297 g/mol. The fourth-order valence-corrected chi connectivity index (χ4v) is 1.08. The van der Waals surface area contributed by atoms with Crippen LogP contribution in [0.15, 0.2) is 35.2 Å². The fourth-order valence-electron chi connectivity index (χ4n) is 0.476. The van der Waals surface area contributed by atoms with Crippen molar-refractivity contribution in [2.24, 2.45) is 5.73 Å². The van der Waals surface area contributed by atoms with Crippen LogP contribution in [0.5, 0.6) is 0 Å². The standard InChI is InChI=1S/C6H6S2.C2H5.CH3NO2.Zn/c7-8-6-4-2-1-3-5-6;1-2;2-1(3)4;/h1-5,7H;1H2,2H3;2H2,(H,3,4);/q;-1;;+2/p-1. The molecule has 0 spiro atoms. The number of hydrogen-bond donors (Lipinski definition) is 2. The van der Waals surface area contributed by atoms with E-state index in [1.54, 1.807) is 6.92 Å². The smallest absolute Gasteiger partial charge is 0.714 e. The molecule has 0 radical (unpaired) electrons. The molecule has 0 heterocycles. The monoisotopic (exact) mass is 295 g/mol. The van der Waals surface area contributed by atoms with Gasteiger partial charge in [-0.25, -0.2) is 4.79 Å². The minimum atomic E-state index is -1.33. The maximum absolute atomic E-state index is 8.78. The third-order valence-corrected chi connectivity index (χ3v) is 1.88. The van der Waals surface area contributed by atoms with Crippen molar-refractivity contribution in [3.63, 3.8) is 0 Å². The zero-order valence-electron chi connectivity index (χ0n) is 8.55. The van der Waals surface area contributed by atoms with Crippen LogP contribution in [0.25, 0.3) is 0 Å². The van der Waals surface area contributed by atoms with Gasteiger partial charge >= 0.3 is 25.6 Å². The molecule has 0 atom stereocenters. The molecule has 0 saturated heterocycles. The van der Waals surface area contributed by atoms with Crippen molar-refractivity contribution in [1.29, 1.82) is 0 Å². The van der Waals surface area contributed by atoms with Gasteiger partial charge in [0.2, 0.25) is 0 Å². The minimum Gasteiger partial charge on any atom is -0.714 e. The van der Waals surface area contributed by atoms with Gasteiger partial charge in [0.15, 0.2) is 0 Å². The van der Waals surface area contributed by atoms with E-state index in [2.05, 4.69) is 12.7 Å². The Morgan fingerprint density at radius 3 is 1.93 bits per heavy atom. The summed E-state index contributed by atoms with van der Waals surface area (Å²) in [6, 6.07) is 9.94. The van der Waals surface area contributed by atoms with Crippen LogP contribution >= 0.6 is 10.8 Å². The number of rotatable bonds is 1. The maximum Gasteiger partial charge on any atom is 2.00 e. The second kappa shape index (κ2) is 16.3. The molecule has 0 aliphatic rings. The van der Waals surface area contributed by atoms with Crippen molar-refractivity contribution in [2.75, 3.05) is 0 Å². The molecule has 1 aromatic rings. The van der Waals surface area contributed by atoms with Crippen molar-refractivity contribution < 1.29 is 29.4 Å². The number of carbonyl (C=O) groups is 1.